The molecule has 1 aromatic carbocycles. The van der Waals surface area contributed by atoms with Crippen molar-refractivity contribution in [1.29, 1.82) is 0 Å². The van der Waals surface area contributed by atoms with Crippen molar-refractivity contribution in [3.05, 3.63) is 35.4 Å². The lowest BCUT2D eigenvalue weighted by molar-refractivity contribution is 0.0191. The lowest BCUT2D eigenvalue weighted by Gasteiger charge is -2.20. The Labute approximate surface area is 192 Å². The van der Waals surface area contributed by atoms with Crippen LogP contribution in [0.15, 0.2) is 29.3 Å². The van der Waals surface area contributed by atoms with E-state index in [4.69, 9.17) is 9.47 Å². The van der Waals surface area contributed by atoms with E-state index in [1.54, 1.807) is 0 Å². The topological polar surface area (TPSA) is 75.1 Å². The maximum atomic E-state index is 10.5. The van der Waals surface area contributed by atoms with Crippen LogP contribution in [0.4, 0.5) is 0 Å². The predicted molar refractivity (Wildman–Crippen MR) is 129 cm³/mol. The van der Waals surface area contributed by atoms with E-state index in [1.165, 1.54) is 5.56 Å². The molecule has 2 rings (SSSR count). The molecule has 2 atom stereocenters. The average Bonchev–Trinajstić information content (AvgIpc) is 3.18. The summed E-state index contributed by atoms with van der Waals surface area (Å²) in [6.45, 7) is 12.4. The Balaban J connectivity index is 0.00000420. The van der Waals surface area contributed by atoms with E-state index >= 15 is 0 Å². The fourth-order valence-corrected chi connectivity index (χ4v) is 3.06. The molecule has 0 amide bonds. The van der Waals surface area contributed by atoms with Gasteiger partial charge in [0.05, 0.1) is 32.0 Å². The molecular formula is C22H38IN3O3. The molecule has 2 unspecified atom stereocenters. The molecule has 1 aromatic rings. The van der Waals surface area contributed by atoms with Gasteiger partial charge in [-0.2, -0.15) is 0 Å². The molecule has 1 aliphatic heterocycles. The number of aliphatic imine (C=N–C) groups is 1. The number of hydrogen-bond acceptors (Lipinski definition) is 4. The maximum absolute atomic E-state index is 10.5. The van der Waals surface area contributed by atoms with Gasteiger partial charge in [-0.3, -0.25) is 4.99 Å². The highest BCUT2D eigenvalue weighted by Crippen LogP contribution is 2.24. The van der Waals surface area contributed by atoms with Gasteiger partial charge in [0.1, 0.15) is 0 Å². The largest absolute Gasteiger partial charge is 0.386 e. The van der Waals surface area contributed by atoms with Crippen LogP contribution in [-0.4, -0.2) is 56.6 Å². The summed E-state index contributed by atoms with van der Waals surface area (Å²) in [6.07, 6.45) is 1.85. The second kappa shape index (κ2) is 13.4. The molecule has 1 heterocycles. The van der Waals surface area contributed by atoms with Crippen LogP contribution in [-0.2, 0) is 14.9 Å². The van der Waals surface area contributed by atoms with Crippen molar-refractivity contribution >= 4 is 29.9 Å². The van der Waals surface area contributed by atoms with Gasteiger partial charge < -0.3 is 25.2 Å². The predicted octanol–water partition coefficient (Wildman–Crippen LogP) is 3.39. The number of hydrogen-bond donors (Lipinski definition) is 3. The van der Waals surface area contributed by atoms with Crippen molar-refractivity contribution in [3.8, 4) is 0 Å². The Morgan fingerprint density at radius 2 is 2.00 bits per heavy atom. The van der Waals surface area contributed by atoms with Crippen molar-refractivity contribution in [2.75, 3.05) is 39.5 Å². The highest BCUT2D eigenvalue weighted by Gasteiger charge is 2.16. The van der Waals surface area contributed by atoms with Crippen LogP contribution in [0.25, 0.3) is 0 Å². The van der Waals surface area contributed by atoms with Crippen LogP contribution in [0.1, 0.15) is 57.8 Å². The molecule has 0 radical (unpaired) electrons. The number of halogens is 1. The molecule has 1 aliphatic rings. The second-order valence-corrected chi connectivity index (χ2v) is 8.24. The summed E-state index contributed by atoms with van der Waals surface area (Å²) in [4.78, 5) is 4.50. The van der Waals surface area contributed by atoms with E-state index in [9.17, 15) is 5.11 Å². The summed E-state index contributed by atoms with van der Waals surface area (Å²) in [5.41, 5.74) is 2.24. The molecule has 0 bridgehead atoms. The zero-order valence-electron chi connectivity index (χ0n) is 18.2. The number of guanidine groups is 1. The third kappa shape index (κ3) is 9.63. The number of ether oxygens (including phenoxy) is 2. The standard InChI is InChI=1S/C22H37N3O3.HI/c1-5-23-21(24-12-14-27-16-19-7-6-13-28-19)25-15-20(26)17-8-10-18(11-9-17)22(2,3)4;/h8-11,19-20,26H,5-7,12-16H2,1-4H3,(H2,23,24,25);1H. The first kappa shape index (κ1) is 26.1. The SMILES string of the molecule is CCNC(=NCC(O)c1ccc(C(C)(C)C)cc1)NCCOCC1CCCO1.I. The minimum absolute atomic E-state index is 0. The molecule has 6 nitrogen and oxygen atoms in total. The van der Waals surface area contributed by atoms with Crippen LogP contribution in [0.2, 0.25) is 0 Å². The van der Waals surface area contributed by atoms with Gasteiger partial charge in [0.25, 0.3) is 0 Å². The first-order valence-electron chi connectivity index (χ1n) is 10.4. The zero-order chi connectivity index (χ0) is 20.4. The zero-order valence-corrected chi connectivity index (χ0v) is 20.6. The van der Waals surface area contributed by atoms with Crippen LogP contribution < -0.4 is 10.6 Å². The molecule has 0 saturated carbocycles. The van der Waals surface area contributed by atoms with Gasteiger partial charge in [-0.05, 0) is 36.3 Å². The van der Waals surface area contributed by atoms with Crippen LogP contribution in [0.3, 0.4) is 0 Å². The fourth-order valence-electron chi connectivity index (χ4n) is 3.06. The lowest BCUT2D eigenvalue weighted by Crippen LogP contribution is -2.39. The smallest absolute Gasteiger partial charge is 0.191 e. The summed E-state index contributed by atoms with van der Waals surface area (Å²) < 4.78 is 11.2. The van der Waals surface area contributed by atoms with Gasteiger partial charge in [-0.25, -0.2) is 0 Å². The first-order valence-corrected chi connectivity index (χ1v) is 10.4. The van der Waals surface area contributed by atoms with Crippen LogP contribution in [0, 0.1) is 0 Å². The summed E-state index contributed by atoms with van der Waals surface area (Å²) >= 11 is 0. The molecule has 7 heteroatoms. The molecule has 1 fully saturated rings. The summed E-state index contributed by atoms with van der Waals surface area (Å²) in [6, 6.07) is 8.13. The normalized spacial score (nSPS) is 18.2. The molecule has 0 aromatic heterocycles. The number of rotatable bonds is 9. The van der Waals surface area contributed by atoms with Gasteiger partial charge in [0.15, 0.2) is 5.96 Å². The van der Waals surface area contributed by atoms with Crippen molar-refractivity contribution in [3.63, 3.8) is 0 Å². The Kier molecular flexibility index (Phi) is 12.1. The fraction of sp³-hybridized carbons (Fsp3) is 0.682. The Morgan fingerprint density at radius 3 is 2.59 bits per heavy atom. The number of aliphatic hydroxyl groups excluding tert-OH is 1. The van der Waals surface area contributed by atoms with Crippen molar-refractivity contribution < 1.29 is 14.6 Å². The van der Waals surface area contributed by atoms with Gasteiger partial charge in [-0.1, -0.05) is 45.0 Å². The lowest BCUT2D eigenvalue weighted by atomic mass is 9.86. The minimum atomic E-state index is -0.625. The number of aliphatic hydroxyl groups is 1. The number of benzene rings is 1. The molecule has 3 N–H and O–H groups in total. The maximum Gasteiger partial charge on any atom is 0.191 e. The van der Waals surface area contributed by atoms with Gasteiger partial charge in [0.2, 0.25) is 0 Å². The van der Waals surface area contributed by atoms with E-state index in [-0.39, 0.29) is 35.5 Å². The summed E-state index contributed by atoms with van der Waals surface area (Å²) in [5, 5.41) is 16.9. The second-order valence-electron chi connectivity index (χ2n) is 8.24. The van der Waals surface area contributed by atoms with E-state index < -0.39 is 6.10 Å². The number of nitrogens with zero attached hydrogens (tertiary/aromatic N) is 1. The number of nitrogens with one attached hydrogen (secondary N) is 2. The third-order valence-electron chi connectivity index (χ3n) is 4.79. The quantitative estimate of drug-likeness (QED) is 0.202. The first-order chi connectivity index (χ1) is 13.4. The minimum Gasteiger partial charge on any atom is -0.386 e. The highest BCUT2D eigenvalue weighted by atomic mass is 127. The molecule has 1 saturated heterocycles. The van der Waals surface area contributed by atoms with E-state index in [1.807, 2.05) is 19.1 Å². The van der Waals surface area contributed by atoms with Gasteiger partial charge in [-0.15, -0.1) is 24.0 Å². The van der Waals surface area contributed by atoms with Gasteiger partial charge >= 0.3 is 0 Å². The summed E-state index contributed by atoms with van der Waals surface area (Å²) in [7, 11) is 0. The van der Waals surface area contributed by atoms with Crippen LogP contribution in [0.5, 0.6) is 0 Å². The third-order valence-corrected chi connectivity index (χ3v) is 4.79. The van der Waals surface area contributed by atoms with Crippen LogP contribution >= 0.6 is 24.0 Å². The summed E-state index contributed by atoms with van der Waals surface area (Å²) in [5.74, 6) is 0.688. The van der Waals surface area contributed by atoms with Gasteiger partial charge in [0, 0.05) is 19.7 Å². The van der Waals surface area contributed by atoms with Crippen molar-refractivity contribution in [1.82, 2.24) is 10.6 Å². The van der Waals surface area contributed by atoms with E-state index in [0.29, 0.717) is 32.3 Å². The monoisotopic (exact) mass is 519 g/mol. The van der Waals surface area contributed by atoms with Crippen molar-refractivity contribution in [2.45, 2.75) is 58.2 Å². The molecule has 29 heavy (non-hydrogen) atoms. The van der Waals surface area contributed by atoms with Crippen molar-refractivity contribution in [2.24, 2.45) is 4.99 Å². The molecule has 0 spiro atoms. The molecule has 0 aliphatic carbocycles. The van der Waals surface area contributed by atoms with E-state index in [0.717, 1.165) is 31.6 Å². The Bertz CT molecular complexity index is 596. The molecular weight excluding hydrogens is 481 g/mol. The average molecular weight is 519 g/mol. The Morgan fingerprint density at radius 1 is 1.28 bits per heavy atom. The van der Waals surface area contributed by atoms with E-state index in [2.05, 4.69) is 48.5 Å². The molecule has 166 valence electrons. The Hall–Kier alpha value is -0.900. The highest BCUT2D eigenvalue weighted by molar-refractivity contribution is 14.0.